The molecule has 0 spiro atoms. The molecule has 0 amide bonds. The third-order valence-corrected chi connectivity index (χ3v) is 22.2. The van der Waals surface area contributed by atoms with Crippen LogP contribution in [-0.2, 0) is 31.8 Å². The van der Waals surface area contributed by atoms with Crippen molar-refractivity contribution in [2.45, 2.75) is 228 Å². The smallest absolute Gasteiger partial charge is 0.127 e. The largest absolute Gasteiger partial charge is 0.490 e. The first-order chi connectivity index (χ1) is 28.2. The Morgan fingerprint density at radius 1 is 0.424 bits per heavy atom. The van der Waals surface area contributed by atoms with E-state index in [0.717, 1.165) is 84.2 Å². The Kier molecular flexibility index (Phi) is 7.73. The summed E-state index contributed by atoms with van der Waals surface area (Å²) in [5, 5.41) is 0. The van der Waals surface area contributed by atoms with Crippen molar-refractivity contribution in [2.24, 2.45) is 76.4 Å². The Labute approximate surface area is 359 Å². The van der Waals surface area contributed by atoms with Gasteiger partial charge in [-0.25, -0.2) is 0 Å². The van der Waals surface area contributed by atoms with Crippen LogP contribution in [-0.4, -0.2) is 19.3 Å². The summed E-state index contributed by atoms with van der Waals surface area (Å²) in [4.78, 5) is 0. The molecular formula is C57H82O2. The minimum atomic E-state index is 0.127. The SMILES string of the molecule is CC(C)(C)CC(C)(C)c1c(C23CC4CC(CC(C4)C2)C3)c(C23CC4CC(CC(C4)C2)C3)c(OCC2CO2)c(C23CC4CC(CC(C4)C2)C3)c1C12CC3CC(CC(C3)C1)C2. The van der Waals surface area contributed by atoms with Crippen molar-refractivity contribution in [2.75, 3.05) is 13.2 Å². The normalized spacial score (nSPS) is 51.6. The summed E-state index contributed by atoms with van der Waals surface area (Å²) in [7, 11) is 0. The standard InChI is InChI=1S/C57H82O2/c1-52(2,3)32-53(4,5)46-47(54-18-33-6-34(19-54)8-35(7-33)20-54)49(56-24-39-12-40(25-56)14-41(13-39)26-56)51(59-31-45-30-58-45)50(57-27-42-15-43(28-57)17-44(16-42)29-57)48(46)55-21-36-9-37(22-55)11-38(10-36)23-55/h33-45H,6-32H2,1-5H3. The van der Waals surface area contributed by atoms with Gasteiger partial charge >= 0.3 is 0 Å². The Hall–Kier alpha value is -1.02. The van der Waals surface area contributed by atoms with Crippen LogP contribution in [0, 0.1) is 76.4 Å². The van der Waals surface area contributed by atoms with E-state index in [0.29, 0.717) is 27.8 Å². The quantitative estimate of drug-likeness (QED) is 0.232. The molecule has 1 unspecified atom stereocenters. The van der Waals surface area contributed by atoms with E-state index in [1.165, 1.54) is 122 Å². The van der Waals surface area contributed by atoms with Crippen LogP contribution in [0.2, 0.25) is 0 Å². The molecule has 1 aromatic rings. The fourth-order valence-electron chi connectivity index (χ4n) is 23.0. The molecule has 16 aliphatic carbocycles. The van der Waals surface area contributed by atoms with Crippen molar-refractivity contribution >= 4 is 0 Å². The van der Waals surface area contributed by atoms with Gasteiger partial charge < -0.3 is 9.47 Å². The first kappa shape index (κ1) is 37.4. The van der Waals surface area contributed by atoms with Gasteiger partial charge in [0.1, 0.15) is 18.5 Å². The molecule has 1 atom stereocenters. The van der Waals surface area contributed by atoms with Crippen LogP contribution in [0.25, 0.3) is 0 Å². The van der Waals surface area contributed by atoms with E-state index in [2.05, 4.69) is 45.7 Å². The predicted octanol–water partition coefficient (Wildman–Crippen LogP) is 14.0. The lowest BCUT2D eigenvalue weighted by Crippen LogP contribution is -2.56. The van der Waals surface area contributed by atoms with E-state index in [-0.39, 0.29) is 10.8 Å². The highest BCUT2D eigenvalue weighted by molar-refractivity contribution is 5.68. The minimum Gasteiger partial charge on any atom is -0.490 e. The summed E-state index contributed by atoms with van der Waals surface area (Å²) in [6.07, 6.45) is 37.9. The molecule has 1 saturated heterocycles. The summed E-state index contributed by atoms with van der Waals surface area (Å²) in [5.74, 6) is 13.0. The van der Waals surface area contributed by atoms with E-state index in [9.17, 15) is 0 Å². The zero-order valence-corrected chi connectivity index (χ0v) is 38.4. The third-order valence-electron chi connectivity index (χ3n) is 22.2. The lowest BCUT2D eigenvalue weighted by molar-refractivity contribution is -0.0259. The van der Waals surface area contributed by atoms with Crippen LogP contribution in [0.5, 0.6) is 5.75 Å². The fraction of sp³-hybridized carbons (Fsp3) is 0.895. The fourth-order valence-corrected chi connectivity index (χ4v) is 23.0. The van der Waals surface area contributed by atoms with Gasteiger partial charge in [-0.2, -0.15) is 0 Å². The van der Waals surface area contributed by atoms with Crippen molar-refractivity contribution in [1.29, 1.82) is 0 Å². The van der Waals surface area contributed by atoms with Gasteiger partial charge in [0.15, 0.2) is 0 Å². The van der Waals surface area contributed by atoms with Gasteiger partial charge in [0.05, 0.1) is 6.61 Å². The summed E-state index contributed by atoms with van der Waals surface area (Å²) in [6, 6.07) is 0. The number of hydrogen-bond acceptors (Lipinski definition) is 2. The molecule has 18 rings (SSSR count). The van der Waals surface area contributed by atoms with E-state index >= 15 is 0 Å². The Morgan fingerprint density at radius 3 is 0.915 bits per heavy atom. The molecular weight excluding hydrogens is 717 g/mol. The number of benzene rings is 1. The summed E-state index contributed by atoms with van der Waals surface area (Å²) in [5.41, 5.74) is 11.8. The topological polar surface area (TPSA) is 21.8 Å². The predicted molar refractivity (Wildman–Crippen MR) is 238 cm³/mol. The van der Waals surface area contributed by atoms with Crippen molar-refractivity contribution in [3.8, 4) is 5.75 Å². The van der Waals surface area contributed by atoms with Crippen LogP contribution in [0.1, 0.15) is 223 Å². The molecule has 16 saturated carbocycles. The number of rotatable bonds is 9. The van der Waals surface area contributed by atoms with Crippen molar-refractivity contribution < 1.29 is 9.47 Å². The average Bonchev–Trinajstić information content (AvgIpc) is 3.95. The van der Waals surface area contributed by atoms with Gasteiger partial charge in [-0.05, 0) is 270 Å². The van der Waals surface area contributed by atoms with Gasteiger partial charge in [-0.1, -0.05) is 34.6 Å². The van der Waals surface area contributed by atoms with Gasteiger partial charge in [0.25, 0.3) is 0 Å². The Bertz CT molecular complexity index is 1660. The summed E-state index contributed by atoms with van der Waals surface area (Å²) < 4.78 is 14.3. The monoisotopic (exact) mass is 799 g/mol. The summed E-state index contributed by atoms with van der Waals surface area (Å²) >= 11 is 0. The highest BCUT2D eigenvalue weighted by Gasteiger charge is 2.64. The van der Waals surface area contributed by atoms with Gasteiger partial charge in [0.2, 0.25) is 0 Å². The maximum Gasteiger partial charge on any atom is 0.127 e. The van der Waals surface area contributed by atoms with Crippen molar-refractivity contribution in [1.82, 2.24) is 0 Å². The molecule has 2 nitrogen and oxygen atoms in total. The van der Waals surface area contributed by atoms with Crippen LogP contribution in [0.15, 0.2) is 0 Å². The molecule has 1 aromatic carbocycles. The van der Waals surface area contributed by atoms with Gasteiger partial charge in [-0.3, -0.25) is 0 Å². The van der Waals surface area contributed by atoms with E-state index in [1.54, 1.807) is 44.3 Å². The molecule has 0 radical (unpaired) electrons. The lowest BCUT2D eigenvalue weighted by Gasteiger charge is -2.65. The highest BCUT2D eigenvalue weighted by atomic mass is 16.6. The molecule has 17 fully saturated rings. The van der Waals surface area contributed by atoms with Gasteiger partial charge in [0, 0.05) is 22.0 Å². The maximum atomic E-state index is 8.12. The first-order valence-corrected chi connectivity index (χ1v) is 26.7. The molecule has 1 aliphatic heterocycles. The average molecular weight is 799 g/mol. The molecule has 59 heavy (non-hydrogen) atoms. The Balaban J connectivity index is 1.15. The molecule has 2 heteroatoms. The van der Waals surface area contributed by atoms with Crippen LogP contribution in [0.4, 0.5) is 0 Å². The number of epoxide rings is 1. The van der Waals surface area contributed by atoms with E-state index < -0.39 is 0 Å². The summed E-state index contributed by atoms with van der Waals surface area (Å²) in [6.45, 7) is 15.3. The van der Waals surface area contributed by atoms with Crippen molar-refractivity contribution in [3.05, 3.63) is 27.8 Å². The number of hydrogen-bond donors (Lipinski definition) is 0. The number of ether oxygens (including phenoxy) is 2. The van der Waals surface area contributed by atoms with E-state index in [1.807, 2.05) is 16.7 Å². The van der Waals surface area contributed by atoms with Crippen LogP contribution >= 0.6 is 0 Å². The first-order valence-electron chi connectivity index (χ1n) is 26.7. The zero-order valence-electron chi connectivity index (χ0n) is 38.4. The lowest BCUT2D eigenvalue weighted by atomic mass is 9.39. The molecule has 322 valence electrons. The van der Waals surface area contributed by atoms with E-state index in [4.69, 9.17) is 9.47 Å². The molecule has 0 N–H and O–H groups in total. The highest BCUT2D eigenvalue weighted by Crippen LogP contribution is 2.74. The molecule has 16 bridgehead atoms. The minimum absolute atomic E-state index is 0.127. The second-order valence-corrected chi connectivity index (χ2v) is 28.9. The third kappa shape index (κ3) is 5.63. The molecule has 0 aromatic heterocycles. The van der Waals surface area contributed by atoms with Crippen LogP contribution < -0.4 is 4.74 Å². The second-order valence-electron chi connectivity index (χ2n) is 28.9. The van der Waals surface area contributed by atoms with Crippen LogP contribution in [0.3, 0.4) is 0 Å². The Morgan fingerprint density at radius 2 is 0.678 bits per heavy atom. The second kappa shape index (κ2) is 12.2. The zero-order chi connectivity index (χ0) is 39.5. The van der Waals surface area contributed by atoms with Crippen molar-refractivity contribution in [3.63, 3.8) is 0 Å². The molecule has 17 aliphatic rings. The van der Waals surface area contributed by atoms with Gasteiger partial charge in [-0.15, -0.1) is 0 Å². The molecule has 1 heterocycles. The maximum absolute atomic E-state index is 8.12.